The Bertz CT molecular complexity index is 931. The predicted octanol–water partition coefficient (Wildman–Crippen LogP) is 2.60. The average molecular weight is 348 g/mol. The van der Waals surface area contributed by atoms with Crippen molar-refractivity contribution < 1.29 is 4.79 Å². The van der Waals surface area contributed by atoms with Gasteiger partial charge in [0.15, 0.2) is 0 Å². The summed E-state index contributed by atoms with van der Waals surface area (Å²) in [4.78, 5) is 17.2. The second-order valence-corrected chi connectivity index (χ2v) is 6.72. The largest absolute Gasteiger partial charge is 0.353 e. The molecule has 1 unspecified atom stereocenters. The average Bonchev–Trinajstić information content (AvgIpc) is 3.04. The fourth-order valence-corrected chi connectivity index (χ4v) is 3.76. The third-order valence-corrected chi connectivity index (χ3v) is 5.07. The van der Waals surface area contributed by atoms with E-state index in [0.717, 1.165) is 36.2 Å². The van der Waals surface area contributed by atoms with Gasteiger partial charge in [-0.1, -0.05) is 43.3 Å². The van der Waals surface area contributed by atoms with Crippen molar-refractivity contribution in [1.82, 2.24) is 20.2 Å². The van der Waals surface area contributed by atoms with Crippen LogP contribution in [0.1, 0.15) is 29.9 Å². The Morgan fingerprint density at radius 3 is 2.92 bits per heavy atom. The van der Waals surface area contributed by atoms with Crippen LogP contribution in [0.3, 0.4) is 0 Å². The lowest BCUT2D eigenvalue weighted by molar-refractivity contribution is -0.121. The van der Waals surface area contributed by atoms with Crippen molar-refractivity contribution >= 4 is 16.9 Å². The molecule has 0 saturated heterocycles. The Morgan fingerprint density at radius 2 is 2.04 bits per heavy atom. The zero-order valence-electron chi connectivity index (χ0n) is 15.0. The Morgan fingerprint density at radius 1 is 1.23 bits per heavy atom. The van der Waals surface area contributed by atoms with Gasteiger partial charge < -0.3 is 15.2 Å². The summed E-state index contributed by atoms with van der Waals surface area (Å²) >= 11 is 0. The normalized spacial score (nSPS) is 16.4. The van der Waals surface area contributed by atoms with Crippen LogP contribution in [0, 0.1) is 0 Å². The van der Waals surface area contributed by atoms with Crippen LogP contribution in [0.25, 0.3) is 11.0 Å². The minimum absolute atomic E-state index is 0.0210. The van der Waals surface area contributed by atoms with Gasteiger partial charge in [0.25, 0.3) is 0 Å². The number of carbonyl (C=O) groups is 1. The van der Waals surface area contributed by atoms with Gasteiger partial charge in [0.2, 0.25) is 5.91 Å². The second kappa shape index (κ2) is 7.30. The Hall–Kier alpha value is -2.66. The second-order valence-electron chi connectivity index (χ2n) is 6.72. The molecule has 3 aromatic rings. The van der Waals surface area contributed by atoms with Crippen LogP contribution in [-0.4, -0.2) is 28.5 Å². The van der Waals surface area contributed by atoms with Crippen molar-refractivity contribution in [2.45, 2.75) is 32.4 Å². The number of hydrogen-bond acceptors (Lipinski definition) is 3. The highest BCUT2D eigenvalue weighted by atomic mass is 16.1. The predicted molar refractivity (Wildman–Crippen MR) is 103 cm³/mol. The summed E-state index contributed by atoms with van der Waals surface area (Å²) in [6, 6.07) is 16.6. The number of nitrogens with one attached hydrogen (secondary N) is 2. The zero-order chi connectivity index (χ0) is 17.9. The number of hydrogen-bond donors (Lipinski definition) is 2. The smallest absolute Gasteiger partial charge is 0.240 e. The number of rotatable bonds is 5. The Balaban J connectivity index is 1.46. The van der Waals surface area contributed by atoms with Crippen molar-refractivity contribution in [3.05, 3.63) is 65.5 Å². The van der Waals surface area contributed by atoms with Gasteiger partial charge in [-0.05, 0) is 36.2 Å². The Kier molecular flexibility index (Phi) is 4.71. The number of aryl methyl sites for hydroxylation is 1. The van der Waals surface area contributed by atoms with E-state index < -0.39 is 0 Å². The van der Waals surface area contributed by atoms with Gasteiger partial charge in [-0.15, -0.1) is 0 Å². The minimum Gasteiger partial charge on any atom is -0.353 e. The SMILES string of the molecule is CCc1nc2ccccc2n1CC(=O)NCC1NCCc2ccccc21. The third kappa shape index (κ3) is 3.22. The van der Waals surface area contributed by atoms with E-state index in [4.69, 9.17) is 0 Å². The first-order valence-corrected chi connectivity index (χ1v) is 9.28. The molecule has 2 heterocycles. The fourth-order valence-electron chi connectivity index (χ4n) is 3.76. The molecule has 1 atom stereocenters. The first-order chi connectivity index (χ1) is 12.8. The van der Waals surface area contributed by atoms with E-state index in [-0.39, 0.29) is 11.9 Å². The molecule has 5 heteroatoms. The van der Waals surface area contributed by atoms with Gasteiger partial charge in [-0.3, -0.25) is 4.79 Å². The maximum Gasteiger partial charge on any atom is 0.240 e. The molecular weight excluding hydrogens is 324 g/mol. The molecule has 1 amide bonds. The topological polar surface area (TPSA) is 59.0 Å². The maximum absolute atomic E-state index is 12.6. The monoisotopic (exact) mass is 348 g/mol. The number of amides is 1. The van der Waals surface area contributed by atoms with E-state index in [1.165, 1.54) is 11.1 Å². The minimum atomic E-state index is 0.0210. The van der Waals surface area contributed by atoms with Crippen LogP contribution in [0.2, 0.25) is 0 Å². The van der Waals surface area contributed by atoms with Gasteiger partial charge in [0, 0.05) is 19.0 Å². The molecule has 0 radical (unpaired) electrons. The van der Waals surface area contributed by atoms with Crippen LogP contribution in [0.4, 0.5) is 0 Å². The van der Waals surface area contributed by atoms with Gasteiger partial charge in [-0.25, -0.2) is 4.98 Å². The molecule has 0 saturated carbocycles. The van der Waals surface area contributed by atoms with Gasteiger partial charge in [0.05, 0.1) is 11.0 Å². The van der Waals surface area contributed by atoms with E-state index in [2.05, 4.69) is 46.8 Å². The first-order valence-electron chi connectivity index (χ1n) is 9.28. The van der Waals surface area contributed by atoms with E-state index in [1.54, 1.807) is 0 Å². The van der Waals surface area contributed by atoms with Gasteiger partial charge in [0.1, 0.15) is 12.4 Å². The summed E-state index contributed by atoms with van der Waals surface area (Å²) in [5.74, 6) is 0.968. The molecule has 1 aromatic heterocycles. The maximum atomic E-state index is 12.6. The quantitative estimate of drug-likeness (QED) is 0.745. The molecule has 1 aliphatic heterocycles. The molecule has 0 fully saturated rings. The molecule has 0 spiro atoms. The summed E-state index contributed by atoms with van der Waals surface area (Å²) in [7, 11) is 0. The molecular formula is C21H24N4O. The van der Waals surface area contributed by atoms with Crippen LogP contribution < -0.4 is 10.6 Å². The summed E-state index contributed by atoms with van der Waals surface area (Å²) in [6.07, 6.45) is 1.85. The number of para-hydroxylation sites is 2. The van der Waals surface area contributed by atoms with Crippen molar-refractivity contribution in [1.29, 1.82) is 0 Å². The third-order valence-electron chi connectivity index (χ3n) is 5.07. The molecule has 4 rings (SSSR count). The highest BCUT2D eigenvalue weighted by Crippen LogP contribution is 2.22. The van der Waals surface area contributed by atoms with Crippen molar-refractivity contribution in [2.75, 3.05) is 13.1 Å². The van der Waals surface area contributed by atoms with Gasteiger partial charge in [-0.2, -0.15) is 0 Å². The molecule has 1 aliphatic rings. The van der Waals surface area contributed by atoms with E-state index in [0.29, 0.717) is 13.1 Å². The molecule has 26 heavy (non-hydrogen) atoms. The van der Waals surface area contributed by atoms with Crippen LogP contribution in [0.15, 0.2) is 48.5 Å². The molecule has 5 nitrogen and oxygen atoms in total. The summed E-state index contributed by atoms with van der Waals surface area (Å²) < 4.78 is 2.02. The molecule has 0 aliphatic carbocycles. The first kappa shape index (κ1) is 16.8. The summed E-state index contributed by atoms with van der Waals surface area (Å²) in [6.45, 7) is 3.92. The summed E-state index contributed by atoms with van der Waals surface area (Å²) in [5, 5.41) is 6.61. The van der Waals surface area contributed by atoms with Crippen molar-refractivity contribution in [2.24, 2.45) is 0 Å². The fraction of sp³-hybridized carbons (Fsp3) is 0.333. The van der Waals surface area contributed by atoms with Crippen molar-refractivity contribution in [3.8, 4) is 0 Å². The lowest BCUT2D eigenvalue weighted by atomic mass is 9.94. The molecule has 0 bridgehead atoms. The molecule has 134 valence electrons. The molecule has 2 aromatic carbocycles. The number of aromatic nitrogens is 2. The number of imidazole rings is 1. The van der Waals surface area contributed by atoms with E-state index in [9.17, 15) is 4.79 Å². The van der Waals surface area contributed by atoms with Crippen molar-refractivity contribution in [3.63, 3.8) is 0 Å². The number of fused-ring (bicyclic) bond motifs is 2. The highest BCUT2D eigenvalue weighted by Gasteiger charge is 2.20. The van der Waals surface area contributed by atoms with E-state index >= 15 is 0 Å². The van der Waals surface area contributed by atoms with Crippen LogP contribution >= 0.6 is 0 Å². The number of nitrogens with zero attached hydrogens (tertiary/aromatic N) is 2. The molecule has 2 N–H and O–H groups in total. The van der Waals surface area contributed by atoms with Crippen LogP contribution in [-0.2, 0) is 24.2 Å². The number of carbonyl (C=O) groups excluding carboxylic acids is 1. The lowest BCUT2D eigenvalue weighted by Gasteiger charge is -2.27. The highest BCUT2D eigenvalue weighted by molar-refractivity contribution is 5.81. The zero-order valence-corrected chi connectivity index (χ0v) is 15.0. The van der Waals surface area contributed by atoms with Gasteiger partial charge >= 0.3 is 0 Å². The Labute approximate surface area is 153 Å². The van der Waals surface area contributed by atoms with Crippen LogP contribution in [0.5, 0.6) is 0 Å². The van der Waals surface area contributed by atoms with E-state index in [1.807, 2.05) is 28.8 Å². The number of benzene rings is 2. The standard InChI is InChI=1S/C21H24N4O/c1-2-20-24-17-9-5-6-10-19(17)25(20)14-21(26)23-13-18-16-8-4-3-7-15(16)11-12-22-18/h3-10,18,22H,2,11-14H2,1H3,(H,23,26). The lowest BCUT2D eigenvalue weighted by Crippen LogP contribution is -2.39. The summed E-state index contributed by atoms with van der Waals surface area (Å²) in [5.41, 5.74) is 4.63.